The number of aryl methyl sites for hydroxylation is 1. The third kappa shape index (κ3) is 2.59. The number of hydrogen-bond acceptors (Lipinski definition) is 3. The van der Waals surface area contributed by atoms with Gasteiger partial charge in [-0.05, 0) is 30.5 Å². The molecule has 3 rings (SSSR count). The van der Waals surface area contributed by atoms with Crippen LogP contribution in [0, 0.1) is 0 Å². The molecular weight excluding hydrogens is 250 g/mol. The van der Waals surface area contributed by atoms with Crippen molar-refractivity contribution < 1.29 is 0 Å². The Kier molecular flexibility index (Phi) is 3.54. The monoisotopic (exact) mass is 269 g/mol. The highest BCUT2D eigenvalue weighted by atomic mass is 16.1. The van der Waals surface area contributed by atoms with Crippen LogP contribution in [0.25, 0.3) is 0 Å². The Hall–Kier alpha value is -2.10. The average molecular weight is 269 g/mol. The van der Waals surface area contributed by atoms with Gasteiger partial charge in [0.25, 0.3) is 0 Å². The van der Waals surface area contributed by atoms with E-state index in [0.29, 0.717) is 5.92 Å². The van der Waals surface area contributed by atoms with Gasteiger partial charge in [-0.15, -0.1) is 0 Å². The summed E-state index contributed by atoms with van der Waals surface area (Å²) in [6.07, 6.45) is 6.13. The summed E-state index contributed by atoms with van der Waals surface area (Å²) in [5, 5.41) is 0. The number of anilines is 1. The topological polar surface area (TPSA) is 38.1 Å². The lowest BCUT2D eigenvalue weighted by Crippen LogP contribution is -2.35. The third-order valence-electron chi connectivity index (χ3n) is 3.97. The van der Waals surface area contributed by atoms with Crippen LogP contribution in [0.1, 0.15) is 24.3 Å². The number of aromatic nitrogens is 2. The van der Waals surface area contributed by atoms with Crippen molar-refractivity contribution in [3.63, 3.8) is 0 Å². The van der Waals surface area contributed by atoms with Crippen LogP contribution in [0.15, 0.2) is 47.5 Å². The SMILES string of the molecule is Cn1cc(C2CCCN(c3ccccn3)C2)ccc1=O. The van der Waals surface area contributed by atoms with E-state index < -0.39 is 0 Å². The Balaban J connectivity index is 1.81. The van der Waals surface area contributed by atoms with E-state index in [1.54, 1.807) is 10.6 Å². The molecule has 0 aromatic carbocycles. The Morgan fingerprint density at radius 1 is 1.25 bits per heavy atom. The maximum absolute atomic E-state index is 11.5. The number of rotatable bonds is 2. The third-order valence-corrected chi connectivity index (χ3v) is 3.97. The molecule has 1 fully saturated rings. The summed E-state index contributed by atoms with van der Waals surface area (Å²) >= 11 is 0. The molecule has 104 valence electrons. The highest BCUT2D eigenvalue weighted by molar-refractivity contribution is 5.39. The predicted octanol–water partition coefficient (Wildman–Crippen LogP) is 2.16. The maximum atomic E-state index is 11.5. The summed E-state index contributed by atoms with van der Waals surface area (Å²) in [6, 6.07) is 9.66. The lowest BCUT2D eigenvalue weighted by molar-refractivity contribution is 0.504. The van der Waals surface area contributed by atoms with Crippen molar-refractivity contribution in [2.75, 3.05) is 18.0 Å². The summed E-state index contributed by atoms with van der Waals surface area (Å²) in [5.74, 6) is 1.51. The van der Waals surface area contributed by atoms with Crippen LogP contribution < -0.4 is 10.5 Å². The predicted molar refractivity (Wildman–Crippen MR) is 80.1 cm³/mol. The van der Waals surface area contributed by atoms with Crippen LogP contribution in [-0.2, 0) is 7.05 Å². The number of hydrogen-bond donors (Lipinski definition) is 0. The summed E-state index contributed by atoms with van der Waals surface area (Å²) in [7, 11) is 1.81. The number of nitrogens with zero attached hydrogens (tertiary/aromatic N) is 3. The van der Waals surface area contributed by atoms with E-state index in [4.69, 9.17) is 0 Å². The van der Waals surface area contributed by atoms with Crippen LogP contribution in [0.5, 0.6) is 0 Å². The molecule has 3 heterocycles. The van der Waals surface area contributed by atoms with E-state index in [9.17, 15) is 4.79 Å². The van der Waals surface area contributed by atoms with Crippen LogP contribution >= 0.6 is 0 Å². The first-order valence-electron chi connectivity index (χ1n) is 7.06. The lowest BCUT2D eigenvalue weighted by atomic mass is 9.91. The molecule has 0 bridgehead atoms. The van der Waals surface area contributed by atoms with Gasteiger partial charge in [0.05, 0.1) is 0 Å². The molecule has 0 saturated carbocycles. The van der Waals surface area contributed by atoms with E-state index in [2.05, 4.69) is 16.0 Å². The van der Waals surface area contributed by atoms with Crippen molar-refractivity contribution in [2.24, 2.45) is 7.05 Å². The molecule has 1 aliphatic rings. The van der Waals surface area contributed by atoms with Crippen molar-refractivity contribution in [3.05, 3.63) is 58.6 Å². The van der Waals surface area contributed by atoms with Crippen molar-refractivity contribution in [2.45, 2.75) is 18.8 Å². The van der Waals surface area contributed by atoms with Gasteiger partial charge in [0.2, 0.25) is 5.56 Å². The highest BCUT2D eigenvalue weighted by Crippen LogP contribution is 2.28. The zero-order valence-corrected chi connectivity index (χ0v) is 11.7. The summed E-state index contributed by atoms with van der Waals surface area (Å²) in [4.78, 5) is 18.2. The summed E-state index contributed by atoms with van der Waals surface area (Å²) < 4.78 is 1.66. The lowest BCUT2D eigenvalue weighted by Gasteiger charge is -2.33. The van der Waals surface area contributed by atoms with Gasteiger partial charge in [-0.3, -0.25) is 4.79 Å². The summed E-state index contributed by atoms with van der Waals surface area (Å²) in [5.41, 5.74) is 1.29. The molecule has 1 saturated heterocycles. The number of piperidine rings is 1. The minimum absolute atomic E-state index is 0.0474. The zero-order chi connectivity index (χ0) is 13.9. The van der Waals surface area contributed by atoms with Gasteiger partial charge in [-0.25, -0.2) is 4.98 Å². The molecule has 4 nitrogen and oxygen atoms in total. The van der Waals surface area contributed by atoms with Crippen LogP contribution in [0.2, 0.25) is 0 Å². The largest absolute Gasteiger partial charge is 0.356 e. The van der Waals surface area contributed by atoms with Crippen LogP contribution in [0.3, 0.4) is 0 Å². The maximum Gasteiger partial charge on any atom is 0.250 e. The summed E-state index contributed by atoms with van der Waals surface area (Å²) in [6.45, 7) is 2.02. The van der Waals surface area contributed by atoms with Gasteiger partial charge >= 0.3 is 0 Å². The first-order valence-corrected chi connectivity index (χ1v) is 7.06. The molecule has 0 aliphatic carbocycles. The second-order valence-electron chi connectivity index (χ2n) is 5.38. The van der Waals surface area contributed by atoms with E-state index >= 15 is 0 Å². The molecular formula is C16H19N3O. The highest BCUT2D eigenvalue weighted by Gasteiger charge is 2.22. The van der Waals surface area contributed by atoms with Gasteiger partial charge in [-0.1, -0.05) is 12.1 Å². The standard InChI is InChI=1S/C16H19N3O/c1-18-11-14(7-8-16(18)20)13-5-4-10-19(12-13)15-6-2-3-9-17-15/h2-3,6-9,11,13H,4-5,10,12H2,1H3. The molecule has 1 aliphatic heterocycles. The van der Waals surface area contributed by atoms with Crippen molar-refractivity contribution in [3.8, 4) is 0 Å². The van der Waals surface area contributed by atoms with E-state index in [1.807, 2.05) is 37.6 Å². The number of pyridine rings is 2. The minimum Gasteiger partial charge on any atom is -0.356 e. The molecule has 1 unspecified atom stereocenters. The molecule has 1 atom stereocenters. The Morgan fingerprint density at radius 3 is 2.90 bits per heavy atom. The van der Waals surface area contributed by atoms with Gasteiger partial charge < -0.3 is 9.47 Å². The molecule has 0 spiro atoms. The second kappa shape index (κ2) is 5.49. The fraction of sp³-hybridized carbons (Fsp3) is 0.375. The second-order valence-corrected chi connectivity index (χ2v) is 5.38. The Labute approximate surface area is 118 Å². The smallest absolute Gasteiger partial charge is 0.250 e. The van der Waals surface area contributed by atoms with Gasteiger partial charge in [0.1, 0.15) is 5.82 Å². The molecule has 2 aromatic rings. The fourth-order valence-corrected chi connectivity index (χ4v) is 2.85. The van der Waals surface area contributed by atoms with E-state index in [-0.39, 0.29) is 5.56 Å². The Bertz CT molecular complexity index is 636. The molecule has 4 heteroatoms. The molecule has 20 heavy (non-hydrogen) atoms. The van der Waals surface area contributed by atoms with Crippen LogP contribution in [-0.4, -0.2) is 22.6 Å². The average Bonchev–Trinajstić information content (AvgIpc) is 2.51. The van der Waals surface area contributed by atoms with Crippen molar-refractivity contribution in [1.82, 2.24) is 9.55 Å². The molecule has 0 N–H and O–H groups in total. The van der Waals surface area contributed by atoms with Gasteiger partial charge in [-0.2, -0.15) is 0 Å². The minimum atomic E-state index is 0.0474. The van der Waals surface area contributed by atoms with Crippen molar-refractivity contribution >= 4 is 5.82 Å². The Morgan fingerprint density at radius 2 is 2.15 bits per heavy atom. The van der Waals surface area contributed by atoms with Gasteiger partial charge in [0.15, 0.2) is 0 Å². The quantitative estimate of drug-likeness (QED) is 0.838. The fourth-order valence-electron chi connectivity index (χ4n) is 2.85. The van der Waals surface area contributed by atoms with E-state index in [1.165, 1.54) is 12.0 Å². The van der Waals surface area contributed by atoms with E-state index in [0.717, 1.165) is 25.3 Å². The van der Waals surface area contributed by atoms with Gasteiger partial charge in [0, 0.05) is 44.5 Å². The van der Waals surface area contributed by atoms with Crippen molar-refractivity contribution in [1.29, 1.82) is 0 Å². The zero-order valence-electron chi connectivity index (χ0n) is 11.7. The molecule has 2 aromatic heterocycles. The van der Waals surface area contributed by atoms with Crippen LogP contribution in [0.4, 0.5) is 5.82 Å². The normalized spacial score (nSPS) is 19.1. The molecule has 0 amide bonds. The first kappa shape index (κ1) is 12.9. The first-order chi connectivity index (χ1) is 9.74. The molecule has 0 radical (unpaired) electrons.